The van der Waals surface area contributed by atoms with Crippen LogP contribution in [0.3, 0.4) is 0 Å². The van der Waals surface area contributed by atoms with Crippen LogP contribution in [0, 0.1) is 12.8 Å². The Labute approximate surface area is 135 Å². The molecular weight excluding hydrogens is 316 g/mol. The number of sulfonamides is 1. The number of imide groups is 1. The Morgan fingerprint density at radius 3 is 2.26 bits per heavy atom. The molecule has 124 valence electrons. The number of nitrogens with zero attached hydrogens (tertiary/aromatic N) is 1. The second-order valence-electron chi connectivity index (χ2n) is 6.58. The predicted octanol–water partition coefficient (Wildman–Crippen LogP) is 2.18. The lowest BCUT2D eigenvalue weighted by molar-refractivity contribution is -0.129. The molecule has 3 amide bonds. The number of hydrogen-bond acceptors (Lipinski definition) is 4. The van der Waals surface area contributed by atoms with E-state index in [0.29, 0.717) is 23.1 Å². The van der Waals surface area contributed by atoms with Gasteiger partial charge in [-0.05, 0) is 50.7 Å². The van der Waals surface area contributed by atoms with Crippen molar-refractivity contribution in [1.82, 2.24) is 9.62 Å². The van der Waals surface area contributed by atoms with Gasteiger partial charge >= 0.3 is 6.03 Å². The van der Waals surface area contributed by atoms with Crippen LogP contribution in [0.4, 0.5) is 4.79 Å². The van der Waals surface area contributed by atoms with Crippen molar-refractivity contribution in [2.75, 3.05) is 0 Å². The van der Waals surface area contributed by atoms with Crippen molar-refractivity contribution in [3.8, 4) is 0 Å². The second kappa shape index (κ2) is 5.33. The lowest BCUT2D eigenvalue weighted by Gasteiger charge is -2.33. The van der Waals surface area contributed by atoms with Gasteiger partial charge in [0, 0.05) is 0 Å². The summed E-state index contributed by atoms with van der Waals surface area (Å²) < 4.78 is 25.8. The molecule has 1 aromatic carbocycles. The summed E-state index contributed by atoms with van der Waals surface area (Å²) >= 11 is 0. The highest BCUT2D eigenvalue weighted by Gasteiger charge is 2.56. The molecule has 1 heterocycles. The van der Waals surface area contributed by atoms with E-state index < -0.39 is 27.5 Å². The molecule has 0 bridgehead atoms. The van der Waals surface area contributed by atoms with Crippen LogP contribution < -0.4 is 5.32 Å². The van der Waals surface area contributed by atoms with Crippen LogP contribution in [0.2, 0.25) is 0 Å². The van der Waals surface area contributed by atoms with E-state index in [1.54, 1.807) is 12.1 Å². The van der Waals surface area contributed by atoms with Crippen LogP contribution in [0.25, 0.3) is 0 Å². The summed E-state index contributed by atoms with van der Waals surface area (Å²) in [6.45, 7) is 3.93. The van der Waals surface area contributed by atoms with Crippen LogP contribution >= 0.6 is 0 Å². The predicted molar refractivity (Wildman–Crippen MR) is 84.1 cm³/mol. The number of amides is 3. The van der Waals surface area contributed by atoms with Gasteiger partial charge in [-0.1, -0.05) is 24.6 Å². The summed E-state index contributed by atoms with van der Waals surface area (Å²) in [5, 5.41) is 2.64. The summed E-state index contributed by atoms with van der Waals surface area (Å²) in [6, 6.07) is 5.27. The number of urea groups is 1. The zero-order chi connectivity index (χ0) is 16.8. The molecule has 1 saturated carbocycles. The molecule has 0 radical (unpaired) electrons. The fourth-order valence-corrected chi connectivity index (χ4v) is 4.57. The largest absolute Gasteiger partial charge is 0.339 e. The highest BCUT2D eigenvalue weighted by molar-refractivity contribution is 7.90. The Morgan fingerprint density at radius 2 is 1.70 bits per heavy atom. The summed E-state index contributed by atoms with van der Waals surface area (Å²) in [4.78, 5) is 24.9. The number of benzene rings is 1. The van der Waals surface area contributed by atoms with Crippen molar-refractivity contribution < 1.29 is 18.0 Å². The molecule has 3 rings (SSSR count). The molecule has 23 heavy (non-hydrogen) atoms. The third-order valence-corrected chi connectivity index (χ3v) is 6.49. The van der Waals surface area contributed by atoms with Crippen molar-refractivity contribution in [3.63, 3.8) is 0 Å². The molecule has 2 fully saturated rings. The standard InChI is InChI=1S/C16H20N2O4S/c1-11-3-5-13(6-4-11)23(21,22)18-14(19)16(17-15(18)20)9-7-12(2)8-10-16/h3-6,12H,7-10H2,1-2H3,(H,17,20). The SMILES string of the molecule is Cc1ccc(S(=O)(=O)N2C(=O)NC3(CCC(C)CC3)C2=O)cc1. The summed E-state index contributed by atoms with van der Waals surface area (Å²) in [6.07, 6.45) is 2.56. The summed E-state index contributed by atoms with van der Waals surface area (Å²) in [5.41, 5.74) is -0.152. The lowest BCUT2D eigenvalue weighted by atomic mass is 9.77. The quantitative estimate of drug-likeness (QED) is 0.839. The molecule has 6 nitrogen and oxygen atoms in total. The maximum atomic E-state index is 12.7. The normalized spacial score (nSPS) is 28.3. The Kier molecular flexibility index (Phi) is 3.71. The first-order chi connectivity index (χ1) is 10.8. The molecule has 0 atom stereocenters. The Balaban J connectivity index is 1.95. The fourth-order valence-electron chi connectivity index (χ4n) is 3.22. The van der Waals surface area contributed by atoms with Crippen molar-refractivity contribution in [2.24, 2.45) is 5.92 Å². The number of aryl methyl sites for hydroxylation is 1. The average Bonchev–Trinajstić information content (AvgIpc) is 2.74. The van der Waals surface area contributed by atoms with Crippen LogP contribution in [-0.2, 0) is 14.8 Å². The number of rotatable bonds is 2. The van der Waals surface area contributed by atoms with Gasteiger partial charge in [0.1, 0.15) is 5.54 Å². The van der Waals surface area contributed by atoms with Gasteiger partial charge < -0.3 is 5.32 Å². The molecule has 0 aromatic heterocycles. The Morgan fingerprint density at radius 1 is 1.13 bits per heavy atom. The molecule has 1 aliphatic heterocycles. The van der Waals surface area contributed by atoms with E-state index in [0.717, 1.165) is 18.4 Å². The first-order valence-electron chi connectivity index (χ1n) is 7.75. The summed E-state index contributed by atoms with van der Waals surface area (Å²) in [7, 11) is -4.17. The molecule has 1 aromatic rings. The van der Waals surface area contributed by atoms with Gasteiger partial charge in [-0.15, -0.1) is 4.31 Å². The van der Waals surface area contributed by atoms with Crippen molar-refractivity contribution in [3.05, 3.63) is 29.8 Å². The Hall–Kier alpha value is -1.89. The van der Waals surface area contributed by atoms with E-state index in [2.05, 4.69) is 12.2 Å². The number of carbonyl (C=O) groups excluding carboxylic acids is 2. The zero-order valence-electron chi connectivity index (χ0n) is 13.2. The zero-order valence-corrected chi connectivity index (χ0v) is 14.0. The van der Waals surface area contributed by atoms with Gasteiger partial charge in [-0.2, -0.15) is 0 Å². The van der Waals surface area contributed by atoms with Crippen LogP contribution in [0.15, 0.2) is 29.2 Å². The third kappa shape index (κ3) is 2.52. The van der Waals surface area contributed by atoms with E-state index in [4.69, 9.17) is 0 Å². The molecule has 1 saturated heterocycles. The van der Waals surface area contributed by atoms with Crippen molar-refractivity contribution in [1.29, 1.82) is 0 Å². The van der Waals surface area contributed by atoms with Crippen molar-refractivity contribution >= 4 is 22.0 Å². The maximum absolute atomic E-state index is 12.7. The van der Waals surface area contributed by atoms with E-state index in [9.17, 15) is 18.0 Å². The first kappa shape index (κ1) is 16.0. The molecule has 1 spiro atoms. The van der Waals surface area contributed by atoms with Gasteiger partial charge in [-0.25, -0.2) is 13.2 Å². The highest BCUT2D eigenvalue weighted by Crippen LogP contribution is 2.38. The topological polar surface area (TPSA) is 83.6 Å². The maximum Gasteiger partial charge on any atom is 0.339 e. The molecule has 7 heteroatoms. The lowest BCUT2D eigenvalue weighted by Crippen LogP contribution is -2.49. The molecule has 1 N–H and O–H groups in total. The molecule has 0 unspecified atom stereocenters. The third-order valence-electron chi connectivity index (χ3n) is 4.81. The van der Waals surface area contributed by atoms with E-state index in [1.807, 2.05) is 6.92 Å². The second-order valence-corrected chi connectivity index (χ2v) is 8.37. The van der Waals surface area contributed by atoms with Gasteiger partial charge in [0.05, 0.1) is 4.90 Å². The smallest absolute Gasteiger partial charge is 0.322 e. The minimum atomic E-state index is -4.17. The highest BCUT2D eigenvalue weighted by atomic mass is 32.2. The average molecular weight is 336 g/mol. The van der Waals surface area contributed by atoms with Crippen LogP contribution in [0.5, 0.6) is 0 Å². The number of nitrogens with one attached hydrogen (secondary N) is 1. The van der Waals surface area contributed by atoms with Gasteiger partial charge in [0.25, 0.3) is 15.9 Å². The van der Waals surface area contributed by atoms with Crippen LogP contribution in [-0.4, -0.2) is 30.2 Å². The minimum Gasteiger partial charge on any atom is -0.322 e. The van der Waals surface area contributed by atoms with Crippen LogP contribution in [0.1, 0.15) is 38.2 Å². The number of hydrogen-bond donors (Lipinski definition) is 1. The first-order valence-corrected chi connectivity index (χ1v) is 9.19. The minimum absolute atomic E-state index is 0.0483. The van der Waals surface area contributed by atoms with E-state index in [-0.39, 0.29) is 4.90 Å². The fraction of sp³-hybridized carbons (Fsp3) is 0.500. The monoisotopic (exact) mass is 336 g/mol. The summed E-state index contributed by atoms with van der Waals surface area (Å²) in [5.74, 6) is -0.164. The van der Waals surface area contributed by atoms with E-state index >= 15 is 0 Å². The molecular formula is C16H20N2O4S. The Bertz CT molecular complexity index is 747. The molecule has 1 aliphatic carbocycles. The van der Waals surface area contributed by atoms with Crippen molar-refractivity contribution in [2.45, 2.75) is 50.0 Å². The number of carbonyl (C=O) groups is 2. The van der Waals surface area contributed by atoms with Gasteiger partial charge in [0.15, 0.2) is 0 Å². The van der Waals surface area contributed by atoms with Gasteiger partial charge in [0.2, 0.25) is 0 Å². The van der Waals surface area contributed by atoms with E-state index in [1.165, 1.54) is 12.1 Å². The molecule has 2 aliphatic rings. The van der Waals surface area contributed by atoms with Gasteiger partial charge in [-0.3, -0.25) is 4.79 Å².